The summed E-state index contributed by atoms with van der Waals surface area (Å²) in [6.45, 7) is 2.02. The first-order valence-electron chi connectivity index (χ1n) is 6.03. The van der Waals surface area contributed by atoms with Crippen LogP contribution in [0.1, 0.15) is 11.1 Å². The summed E-state index contributed by atoms with van der Waals surface area (Å²) in [4.78, 5) is 1.42. The van der Waals surface area contributed by atoms with Crippen molar-refractivity contribution in [1.82, 2.24) is 0 Å². The first kappa shape index (κ1) is 15.2. The Hall–Kier alpha value is -1.23. The summed E-state index contributed by atoms with van der Waals surface area (Å²) in [6.07, 6.45) is 2.00. The third-order valence-corrected chi connectivity index (χ3v) is 4.20. The largest absolute Gasteiger partial charge is 0.389 e. The van der Waals surface area contributed by atoms with E-state index in [9.17, 15) is 0 Å². The quantitative estimate of drug-likeness (QED) is 0.629. The van der Waals surface area contributed by atoms with E-state index in [0.717, 1.165) is 27.4 Å². The lowest BCUT2D eigenvalue weighted by Crippen LogP contribution is -2.13. The van der Waals surface area contributed by atoms with Crippen molar-refractivity contribution < 1.29 is 0 Å². The second-order valence-electron chi connectivity index (χ2n) is 4.36. The Morgan fingerprint density at radius 1 is 1.25 bits per heavy atom. The average molecular weight is 323 g/mol. The van der Waals surface area contributed by atoms with Crippen LogP contribution in [0.25, 0.3) is 0 Å². The van der Waals surface area contributed by atoms with E-state index in [-0.39, 0.29) is 0 Å². The molecule has 0 heterocycles. The van der Waals surface area contributed by atoms with Crippen molar-refractivity contribution in [3.05, 3.63) is 52.5 Å². The van der Waals surface area contributed by atoms with Gasteiger partial charge >= 0.3 is 0 Å². The Morgan fingerprint density at radius 3 is 2.65 bits per heavy atom. The van der Waals surface area contributed by atoms with Gasteiger partial charge in [-0.3, -0.25) is 0 Å². The summed E-state index contributed by atoms with van der Waals surface area (Å²) in [5, 5.41) is 3.99. The molecule has 0 fully saturated rings. The van der Waals surface area contributed by atoms with Crippen LogP contribution in [0, 0.1) is 6.92 Å². The highest BCUT2D eigenvalue weighted by Crippen LogP contribution is 2.32. The zero-order valence-corrected chi connectivity index (χ0v) is 13.6. The van der Waals surface area contributed by atoms with Crippen LogP contribution in [0.15, 0.2) is 41.3 Å². The van der Waals surface area contributed by atoms with Gasteiger partial charge in [0.1, 0.15) is 4.99 Å². The van der Waals surface area contributed by atoms with Crippen molar-refractivity contribution in [3.8, 4) is 0 Å². The third kappa shape index (κ3) is 3.26. The minimum absolute atomic E-state index is 0.376. The number of rotatable bonds is 4. The SMILES string of the molecule is CSc1cccc(Nc2cc(C)ccc2Cl)c1C(N)=S. The minimum Gasteiger partial charge on any atom is -0.389 e. The number of hydrogen-bond donors (Lipinski definition) is 2. The van der Waals surface area contributed by atoms with E-state index in [1.807, 2.05) is 49.6 Å². The Labute approximate surface area is 133 Å². The lowest BCUT2D eigenvalue weighted by Gasteiger charge is -2.15. The van der Waals surface area contributed by atoms with Crippen molar-refractivity contribution in [2.24, 2.45) is 5.73 Å². The summed E-state index contributed by atoms with van der Waals surface area (Å²) >= 11 is 13.0. The number of halogens is 1. The summed E-state index contributed by atoms with van der Waals surface area (Å²) in [5.41, 5.74) is 9.57. The fourth-order valence-corrected chi connectivity index (χ4v) is 3.03. The molecule has 2 aromatic rings. The predicted molar refractivity (Wildman–Crippen MR) is 93.6 cm³/mol. The fourth-order valence-electron chi connectivity index (χ4n) is 1.94. The molecule has 2 nitrogen and oxygen atoms in total. The molecule has 0 amide bonds. The maximum atomic E-state index is 6.22. The summed E-state index contributed by atoms with van der Waals surface area (Å²) < 4.78 is 0. The highest BCUT2D eigenvalue weighted by Gasteiger charge is 2.12. The number of hydrogen-bond acceptors (Lipinski definition) is 3. The van der Waals surface area contributed by atoms with Crippen molar-refractivity contribution in [1.29, 1.82) is 0 Å². The predicted octanol–water partition coefficient (Wildman–Crippen LogP) is 4.75. The van der Waals surface area contributed by atoms with Gasteiger partial charge in [-0.1, -0.05) is 36.0 Å². The molecule has 5 heteroatoms. The van der Waals surface area contributed by atoms with E-state index < -0.39 is 0 Å². The van der Waals surface area contributed by atoms with Crippen LogP contribution in [-0.4, -0.2) is 11.2 Å². The molecule has 20 heavy (non-hydrogen) atoms. The molecule has 2 rings (SSSR count). The molecule has 0 unspecified atom stereocenters. The standard InChI is InChI=1S/C15H15ClN2S2/c1-9-6-7-10(16)12(8-9)18-11-4-3-5-13(20-2)14(11)15(17)19/h3-8,18H,1-2H3,(H2,17,19). The van der Waals surface area contributed by atoms with Crippen LogP contribution in [0.5, 0.6) is 0 Å². The molecule has 104 valence electrons. The summed E-state index contributed by atoms with van der Waals surface area (Å²) in [7, 11) is 0. The van der Waals surface area contributed by atoms with Crippen LogP contribution in [0.4, 0.5) is 11.4 Å². The lowest BCUT2D eigenvalue weighted by atomic mass is 10.1. The average Bonchev–Trinajstić information content (AvgIpc) is 2.42. The zero-order chi connectivity index (χ0) is 14.7. The van der Waals surface area contributed by atoms with Gasteiger partial charge in [0, 0.05) is 16.1 Å². The molecule has 0 aliphatic carbocycles. The zero-order valence-electron chi connectivity index (χ0n) is 11.2. The normalized spacial score (nSPS) is 10.3. The Bertz CT molecular complexity index is 656. The monoisotopic (exact) mass is 322 g/mol. The molecule has 0 atom stereocenters. The van der Waals surface area contributed by atoms with Crippen LogP contribution >= 0.6 is 35.6 Å². The number of nitrogens with one attached hydrogen (secondary N) is 1. The molecule has 0 saturated carbocycles. The maximum Gasteiger partial charge on any atom is 0.107 e. The molecule has 0 aliphatic rings. The number of thiocarbonyl (C=S) groups is 1. The number of benzene rings is 2. The first-order valence-corrected chi connectivity index (χ1v) is 8.04. The van der Waals surface area contributed by atoms with Gasteiger partial charge in [0.25, 0.3) is 0 Å². The van der Waals surface area contributed by atoms with Crippen LogP contribution in [0.2, 0.25) is 5.02 Å². The smallest absolute Gasteiger partial charge is 0.107 e. The van der Waals surface area contributed by atoms with Gasteiger partial charge in [0.2, 0.25) is 0 Å². The molecule has 0 aromatic heterocycles. The van der Waals surface area contributed by atoms with Gasteiger partial charge in [-0.05, 0) is 43.0 Å². The van der Waals surface area contributed by atoms with Gasteiger partial charge in [0.05, 0.1) is 10.7 Å². The highest BCUT2D eigenvalue weighted by molar-refractivity contribution is 7.98. The van der Waals surface area contributed by atoms with Gasteiger partial charge in [-0.15, -0.1) is 11.8 Å². The maximum absolute atomic E-state index is 6.22. The van der Waals surface area contributed by atoms with Crippen molar-refractivity contribution in [3.63, 3.8) is 0 Å². The molecule has 3 N–H and O–H groups in total. The lowest BCUT2D eigenvalue weighted by molar-refractivity contribution is 1.39. The molecule has 0 aliphatic heterocycles. The van der Waals surface area contributed by atoms with Crippen LogP contribution in [-0.2, 0) is 0 Å². The first-order chi connectivity index (χ1) is 9.52. The molecule has 0 spiro atoms. The van der Waals surface area contributed by atoms with Crippen molar-refractivity contribution >= 4 is 51.9 Å². The molecule has 0 saturated heterocycles. The van der Waals surface area contributed by atoms with Gasteiger partial charge in [-0.25, -0.2) is 0 Å². The molecule has 0 bridgehead atoms. The Balaban J connectivity index is 2.48. The number of thioether (sulfide) groups is 1. The van der Waals surface area contributed by atoms with E-state index in [0.29, 0.717) is 10.0 Å². The molecular formula is C15H15ClN2S2. The minimum atomic E-state index is 0.376. The van der Waals surface area contributed by atoms with Crippen molar-refractivity contribution in [2.45, 2.75) is 11.8 Å². The van der Waals surface area contributed by atoms with E-state index in [1.165, 1.54) is 0 Å². The van der Waals surface area contributed by atoms with Gasteiger partial charge < -0.3 is 11.1 Å². The number of anilines is 2. The number of aryl methyl sites for hydroxylation is 1. The van der Waals surface area contributed by atoms with E-state index >= 15 is 0 Å². The van der Waals surface area contributed by atoms with E-state index in [1.54, 1.807) is 11.8 Å². The topological polar surface area (TPSA) is 38.0 Å². The van der Waals surface area contributed by atoms with Crippen molar-refractivity contribution in [2.75, 3.05) is 11.6 Å². The Morgan fingerprint density at radius 2 is 2.00 bits per heavy atom. The summed E-state index contributed by atoms with van der Waals surface area (Å²) in [6, 6.07) is 11.8. The van der Waals surface area contributed by atoms with E-state index in [2.05, 4.69) is 5.32 Å². The van der Waals surface area contributed by atoms with Gasteiger partial charge in [0.15, 0.2) is 0 Å². The number of nitrogens with two attached hydrogens (primary N) is 1. The van der Waals surface area contributed by atoms with E-state index in [4.69, 9.17) is 29.6 Å². The summed E-state index contributed by atoms with van der Waals surface area (Å²) in [5.74, 6) is 0. The third-order valence-electron chi connectivity index (χ3n) is 2.88. The molecule has 0 radical (unpaired) electrons. The fraction of sp³-hybridized carbons (Fsp3) is 0.133. The van der Waals surface area contributed by atoms with Gasteiger partial charge in [-0.2, -0.15) is 0 Å². The second kappa shape index (κ2) is 6.48. The molecule has 2 aromatic carbocycles. The highest BCUT2D eigenvalue weighted by atomic mass is 35.5. The van der Waals surface area contributed by atoms with Crippen LogP contribution in [0.3, 0.4) is 0 Å². The van der Waals surface area contributed by atoms with Crippen LogP contribution < -0.4 is 11.1 Å². The Kier molecular flexibility index (Phi) is 4.91. The molecular weight excluding hydrogens is 308 g/mol. The second-order valence-corrected chi connectivity index (χ2v) is 6.05.